The third kappa shape index (κ3) is 5.58. The van der Waals surface area contributed by atoms with Gasteiger partial charge in [0.05, 0.1) is 5.92 Å². The smallest absolute Gasteiger partial charge is 0.406 e. The number of rotatable bonds is 6. The molecule has 1 unspecified atom stereocenters. The van der Waals surface area contributed by atoms with E-state index in [4.69, 9.17) is 5.73 Å². The second kappa shape index (κ2) is 7.88. The minimum absolute atomic E-state index is 0.0592. The molecule has 0 aliphatic rings. The molecule has 0 saturated carbocycles. The van der Waals surface area contributed by atoms with Gasteiger partial charge in [-0.1, -0.05) is 36.4 Å². The molecule has 0 spiro atoms. The maximum absolute atomic E-state index is 13.3. The van der Waals surface area contributed by atoms with Gasteiger partial charge >= 0.3 is 18.5 Å². The Morgan fingerprint density at radius 1 is 0.931 bits per heavy atom. The molecule has 3 nitrogen and oxygen atoms in total. The summed E-state index contributed by atoms with van der Waals surface area (Å²) >= 11 is 0. The van der Waals surface area contributed by atoms with Gasteiger partial charge in [-0.2, -0.15) is 22.0 Å². The highest BCUT2D eigenvalue weighted by molar-refractivity contribution is 5.82. The number of primary amides is 1. The van der Waals surface area contributed by atoms with Gasteiger partial charge in [0.2, 0.25) is 5.91 Å². The molecule has 11 heteroatoms. The maximum Gasteiger partial charge on any atom is 0.573 e. The number of carbonyl (C=O) groups excluding carboxylic acids is 1. The fourth-order valence-electron chi connectivity index (χ4n) is 2.56. The molecule has 1 atom stereocenters. The van der Waals surface area contributed by atoms with Gasteiger partial charge in [-0.3, -0.25) is 4.79 Å². The lowest BCUT2D eigenvalue weighted by atomic mass is 9.90. The SMILES string of the molecule is NC(=O)C(Cc1ccc(C(F)(F)C(F)(F)F)cc1)c1cccc(OC(F)(F)F)c1. The summed E-state index contributed by atoms with van der Waals surface area (Å²) in [5, 5.41) is 0. The number of nitrogens with two attached hydrogens (primary N) is 1. The van der Waals surface area contributed by atoms with Gasteiger partial charge in [0.15, 0.2) is 0 Å². The monoisotopic (exact) mass is 427 g/mol. The predicted molar refractivity (Wildman–Crippen MR) is 85.2 cm³/mol. The van der Waals surface area contributed by atoms with Crippen LogP contribution in [0.1, 0.15) is 22.6 Å². The Labute approximate surface area is 159 Å². The van der Waals surface area contributed by atoms with Crippen molar-refractivity contribution < 1.29 is 44.7 Å². The van der Waals surface area contributed by atoms with Crippen LogP contribution in [0.15, 0.2) is 48.5 Å². The van der Waals surface area contributed by atoms with Crippen LogP contribution in [0.3, 0.4) is 0 Å². The quantitative estimate of drug-likeness (QED) is 0.656. The van der Waals surface area contributed by atoms with E-state index in [1.807, 2.05) is 0 Å². The van der Waals surface area contributed by atoms with Crippen molar-refractivity contribution >= 4 is 5.91 Å². The molecule has 158 valence electrons. The van der Waals surface area contributed by atoms with Gasteiger partial charge < -0.3 is 10.5 Å². The molecular weight excluding hydrogens is 414 g/mol. The fourth-order valence-corrected chi connectivity index (χ4v) is 2.56. The summed E-state index contributed by atoms with van der Waals surface area (Å²) in [6, 6.07) is 7.48. The lowest BCUT2D eigenvalue weighted by Crippen LogP contribution is -2.33. The number of amides is 1. The van der Waals surface area contributed by atoms with E-state index in [1.165, 1.54) is 12.1 Å². The second-order valence-electron chi connectivity index (χ2n) is 6.05. The third-order valence-electron chi connectivity index (χ3n) is 3.95. The van der Waals surface area contributed by atoms with Crippen LogP contribution in [0, 0.1) is 0 Å². The topological polar surface area (TPSA) is 52.3 Å². The predicted octanol–water partition coefficient (Wildman–Crippen LogP) is 5.05. The second-order valence-corrected chi connectivity index (χ2v) is 6.05. The first kappa shape index (κ1) is 22.4. The highest BCUT2D eigenvalue weighted by atomic mass is 19.4. The summed E-state index contributed by atoms with van der Waals surface area (Å²) in [7, 11) is 0. The first-order valence-corrected chi connectivity index (χ1v) is 7.89. The van der Waals surface area contributed by atoms with Gasteiger partial charge in [-0.05, 0) is 29.7 Å². The van der Waals surface area contributed by atoms with Gasteiger partial charge in [0.1, 0.15) is 5.75 Å². The standard InChI is InChI=1S/C18H13F8NO2/c19-16(20,17(21,22)23)12-6-4-10(5-7-12)8-14(15(27)28)11-2-1-3-13(9-11)29-18(24,25)26/h1-7,9,14H,8H2,(H2,27,28). The van der Waals surface area contributed by atoms with E-state index >= 15 is 0 Å². The Morgan fingerprint density at radius 2 is 1.52 bits per heavy atom. The van der Waals surface area contributed by atoms with Crippen molar-refractivity contribution in [2.75, 3.05) is 0 Å². The summed E-state index contributed by atoms with van der Waals surface area (Å²) in [6.45, 7) is 0. The van der Waals surface area contributed by atoms with Gasteiger partial charge in [-0.15, -0.1) is 13.2 Å². The molecule has 2 N–H and O–H groups in total. The van der Waals surface area contributed by atoms with Crippen LogP contribution in [0.25, 0.3) is 0 Å². The molecule has 2 aromatic carbocycles. The van der Waals surface area contributed by atoms with E-state index in [1.54, 1.807) is 0 Å². The van der Waals surface area contributed by atoms with Crippen LogP contribution in [0.2, 0.25) is 0 Å². The van der Waals surface area contributed by atoms with E-state index in [2.05, 4.69) is 4.74 Å². The minimum Gasteiger partial charge on any atom is -0.406 e. The summed E-state index contributed by atoms with van der Waals surface area (Å²) in [5.41, 5.74) is 4.23. The van der Waals surface area contributed by atoms with Crippen LogP contribution in [0.4, 0.5) is 35.1 Å². The van der Waals surface area contributed by atoms with Crippen molar-refractivity contribution in [2.45, 2.75) is 30.8 Å². The zero-order valence-electron chi connectivity index (χ0n) is 14.3. The van der Waals surface area contributed by atoms with Crippen LogP contribution in [-0.2, 0) is 17.1 Å². The number of alkyl halides is 8. The highest BCUT2D eigenvalue weighted by Crippen LogP contribution is 2.43. The van der Waals surface area contributed by atoms with Crippen LogP contribution in [-0.4, -0.2) is 18.4 Å². The molecule has 1 amide bonds. The number of hydrogen-bond donors (Lipinski definition) is 1. The van der Waals surface area contributed by atoms with E-state index in [0.717, 1.165) is 24.3 Å². The summed E-state index contributed by atoms with van der Waals surface area (Å²) in [4.78, 5) is 11.7. The molecule has 0 heterocycles. The van der Waals surface area contributed by atoms with E-state index in [-0.39, 0.29) is 17.5 Å². The summed E-state index contributed by atoms with van der Waals surface area (Å²) in [6.07, 6.45) is -11.0. The molecule has 2 aromatic rings. The lowest BCUT2D eigenvalue weighted by Gasteiger charge is -2.20. The summed E-state index contributed by atoms with van der Waals surface area (Å²) < 4.78 is 105. The average molecular weight is 427 g/mol. The number of benzene rings is 2. The molecule has 0 bridgehead atoms. The van der Waals surface area contributed by atoms with Crippen LogP contribution >= 0.6 is 0 Å². The first-order chi connectivity index (χ1) is 13.2. The maximum atomic E-state index is 13.3. The number of halogens is 8. The fraction of sp³-hybridized carbons (Fsp3) is 0.278. The lowest BCUT2D eigenvalue weighted by molar-refractivity contribution is -0.289. The molecule has 0 radical (unpaired) electrons. The molecular formula is C18H13F8NO2. The summed E-state index contributed by atoms with van der Waals surface area (Å²) in [5.74, 6) is -7.75. The molecule has 29 heavy (non-hydrogen) atoms. The average Bonchev–Trinajstić information content (AvgIpc) is 2.57. The van der Waals surface area contributed by atoms with Crippen molar-refractivity contribution in [2.24, 2.45) is 5.73 Å². The number of hydrogen-bond acceptors (Lipinski definition) is 2. The van der Waals surface area contributed by atoms with Gasteiger partial charge in [-0.25, -0.2) is 0 Å². The third-order valence-corrected chi connectivity index (χ3v) is 3.95. The molecule has 0 fully saturated rings. The Kier molecular flexibility index (Phi) is 6.10. The Morgan fingerprint density at radius 3 is 2.00 bits per heavy atom. The van der Waals surface area contributed by atoms with Gasteiger partial charge in [0, 0.05) is 5.56 Å². The van der Waals surface area contributed by atoms with Crippen molar-refractivity contribution in [3.05, 3.63) is 65.2 Å². The minimum atomic E-state index is -5.77. The van der Waals surface area contributed by atoms with Crippen molar-refractivity contribution in [1.82, 2.24) is 0 Å². The molecule has 0 aromatic heterocycles. The molecule has 2 rings (SSSR count). The van der Waals surface area contributed by atoms with Crippen molar-refractivity contribution in [3.63, 3.8) is 0 Å². The zero-order valence-corrected chi connectivity index (χ0v) is 14.3. The normalized spacial score (nSPS) is 13.8. The van der Waals surface area contributed by atoms with E-state index in [9.17, 15) is 39.9 Å². The van der Waals surface area contributed by atoms with Crippen LogP contribution in [0.5, 0.6) is 5.75 Å². The Bertz CT molecular complexity index is 859. The van der Waals surface area contributed by atoms with Crippen LogP contribution < -0.4 is 10.5 Å². The van der Waals surface area contributed by atoms with E-state index < -0.39 is 41.6 Å². The molecule has 0 aliphatic carbocycles. The Balaban J connectivity index is 2.26. The molecule has 0 aliphatic heterocycles. The van der Waals surface area contributed by atoms with Gasteiger partial charge in [0.25, 0.3) is 0 Å². The molecule has 0 saturated heterocycles. The Hall–Kier alpha value is -2.85. The van der Waals surface area contributed by atoms with Crippen molar-refractivity contribution in [3.8, 4) is 5.75 Å². The first-order valence-electron chi connectivity index (χ1n) is 7.89. The largest absolute Gasteiger partial charge is 0.573 e. The van der Waals surface area contributed by atoms with E-state index in [0.29, 0.717) is 12.1 Å². The van der Waals surface area contributed by atoms with Crippen molar-refractivity contribution in [1.29, 1.82) is 0 Å². The number of carbonyl (C=O) groups is 1. The highest BCUT2D eigenvalue weighted by Gasteiger charge is 2.58. The zero-order chi connectivity index (χ0) is 22.0. The number of ether oxygens (including phenoxy) is 1.